The van der Waals surface area contributed by atoms with Gasteiger partial charge in [-0.25, -0.2) is 0 Å². The van der Waals surface area contributed by atoms with Crippen molar-refractivity contribution in [3.05, 3.63) is 56.2 Å². The second-order valence-corrected chi connectivity index (χ2v) is 12.1. The van der Waals surface area contributed by atoms with Crippen LogP contribution in [0.15, 0.2) is 46.0 Å². The van der Waals surface area contributed by atoms with E-state index in [9.17, 15) is 4.79 Å². The van der Waals surface area contributed by atoms with Gasteiger partial charge in [0.25, 0.3) is 5.91 Å². The number of para-hydroxylation sites is 1. The van der Waals surface area contributed by atoms with E-state index < -0.39 is 5.91 Å². The molecule has 1 aliphatic carbocycles. The number of carbonyl (C=O) groups excluding carboxylic acids is 1. The van der Waals surface area contributed by atoms with Crippen molar-refractivity contribution in [2.24, 2.45) is 16.0 Å². The first-order chi connectivity index (χ1) is 19.4. The van der Waals surface area contributed by atoms with Crippen LogP contribution in [0.25, 0.3) is 6.08 Å². The number of carbonyl (C=O) groups is 1. The van der Waals surface area contributed by atoms with Crippen LogP contribution in [-0.2, 0) is 4.79 Å². The molecule has 0 atom stereocenters. The van der Waals surface area contributed by atoms with Crippen LogP contribution in [0.4, 0.5) is 0 Å². The van der Waals surface area contributed by atoms with Gasteiger partial charge in [-0.15, -0.1) is 0 Å². The summed E-state index contributed by atoms with van der Waals surface area (Å²) in [4.78, 5) is 17.3. The SMILES string of the molecule is CCOc1cc(/C=C2/C(=N)N3N=C(C4CCCCC4)SC3=NC2=O)cc(I)c1OCCOc1c(C)cccc1C. The Labute approximate surface area is 252 Å². The number of benzene rings is 2. The number of halogens is 1. The molecule has 0 unspecified atom stereocenters. The van der Waals surface area contributed by atoms with Crippen LogP contribution in [0.1, 0.15) is 55.7 Å². The van der Waals surface area contributed by atoms with Gasteiger partial charge in [0.15, 0.2) is 17.3 Å². The van der Waals surface area contributed by atoms with E-state index in [1.807, 2.05) is 51.1 Å². The average Bonchev–Trinajstić information content (AvgIpc) is 3.36. The lowest BCUT2D eigenvalue weighted by atomic mass is 9.90. The molecular weight excluding hydrogens is 639 g/mol. The first-order valence-electron chi connectivity index (χ1n) is 13.6. The van der Waals surface area contributed by atoms with Crippen LogP contribution in [0.2, 0.25) is 0 Å². The molecule has 2 heterocycles. The Kier molecular flexibility index (Phi) is 9.14. The van der Waals surface area contributed by atoms with Gasteiger partial charge in [-0.2, -0.15) is 15.1 Å². The number of aryl methyl sites for hydroxylation is 2. The molecule has 0 bridgehead atoms. The topological polar surface area (TPSA) is 96.6 Å². The number of hydrazone groups is 1. The Hall–Kier alpha value is -2.86. The van der Waals surface area contributed by atoms with Crippen molar-refractivity contribution in [1.29, 1.82) is 5.41 Å². The summed E-state index contributed by atoms with van der Waals surface area (Å²) in [5.41, 5.74) is 3.10. The summed E-state index contributed by atoms with van der Waals surface area (Å²) in [5, 5.41) is 16.4. The van der Waals surface area contributed by atoms with Crippen LogP contribution < -0.4 is 14.2 Å². The highest BCUT2D eigenvalue weighted by Crippen LogP contribution is 2.38. The Balaban J connectivity index is 1.32. The highest BCUT2D eigenvalue weighted by atomic mass is 127. The minimum Gasteiger partial charge on any atom is -0.490 e. The molecular formula is C30H33IN4O4S. The van der Waals surface area contributed by atoms with E-state index in [0.717, 1.165) is 43.9 Å². The van der Waals surface area contributed by atoms with Crippen molar-refractivity contribution in [2.45, 2.75) is 52.9 Å². The van der Waals surface area contributed by atoms with Gasteiger partial charge in [0, 0.05) is 5.92 Å². The van der Waals surface area contributed by atoms with E-state index in [1.54, 1.807) is 6.08 Å². The number of rotatable bonds is 9. The lowest BCUT2D eigenvalue weighted by Crippen LogP contribution is -2.35. The summed E-state index contributed by atoms with van der Waals surface area (Å²) in [6.07, 6.45) is 7.52. The normalized spacial score (nSPS) is 18.5. The predicted octanol–water partition coefficient (Wildman–Crippen LogP) is 6.96. The fraction of sp³-hybridized carbons (Fsp3) is 0.400. The lowest BCUT2D eigenvalue weighted by molar-refractivity contribution is -0.114. The number of fused-ring (bicyclic) bond motifs is 1. The van der Waals surface area contributed by atoms with Gasteiger partial charge in [0.1, 0.15) is 24.0 Å². The van der Waals surface area contributed by atoms with Crippen molar-refractivity contribution >= 4 is 62.4 Å². The molecule has 1 fully saturated rings. The molecule has 5 rings (SSSR count). The van der Waals surface area contributed by atoms with Crippen LogP contribution in [0, 0.1) is 28.7 Å². The number of nitrogens with one attached hydrogen (secondary N) is 1. The summed E-state index contributed by atoms with van der Waals surface area (Å²) in [5.74, 6) is 2.08. The summed E-state index contributed by atoms with van der Waals surface area (Å²) < 4.78 is 18.8. The fourth-order valence-corrected chi connectivity index (χ4v) is 6.92. The van der Waals surface area contributed by atoms with Crippen molar-refractivity contribution in [1.82, 2.24) is 5.01 Å². The summed E-state index contributed by atoms with van der Waals surface area (Å²) in [7, 11) is 0. The highest BCUT2D eigenvalue weighted by Gasteiger charge is 2.38. The van der Waals surface area contributed by atoms with E-state index >= 15 is 0 Å². The summed E-state index contributed by atoms with van der Waals surface area (Å²) in [6.45, 7) is 7.16. The standard InChI is InChI=1S/C30H33IN4O4S/c1-4-37-24-17-20(16-23(31)26(24)39-14-13-38-25-18(2)9-8-10-19(25)3)15-22-27(32)35-30(33-28(22)36)40-29(34-35)21-11-6-5-7-12-21/h8-10,15-17,21,32H,4-7,11-14H2,1-3H3/b22-15-,32-27?. The molecule has 10 heteroatoms. The molecule has 40 heavy (non-hydrogen) atoms. The van der Waals surface area contributed by atoms with Gasteiger partial charge in [0.2, 0.25) is 5.17 Å². The van der Waals surface area contributed by atoms with Crippen molar-refractivity contribution in [3.8, 4) is 17.2 Å². The maximum absolute atomic E-state index is 13.0. The molecule has 0 aromatic heterocycles. The lowest BCUT2D eigenvalue weighted by Gasteiger charge is -2.20. The third-order valence-electron chi connectivity index (χ3n) is 7.05. The van der Waals surface area contributed by atoms with E-state index in [1.165, 1.54) is 36.0 Å². The van der Waals surface area contributed by atoms with Crippen molar-refractivity contribution in [3.63, 3.8) is 0 Å². The van der Waals surface area contributed by atoms with E-state index in [0.29, 0.717) is 42.4 Å². The van der Waals surface area contributed by atoms with Gasteiger partial charge in [0.05, 0.1) is 15.8 Å². The molecule has 3 aliphatic rings. The number of amides is 1. The zero-order valence-corrected chi connectivity index (χ0v) is 25.9. The van der Waals surface area contributed by atoms with E-state index in [4.69, 9.17) is 24.7 Å². The van der Waals surface area contributed by atoms with E-state index in [-0.39, 0.29) is 11.4 Å². The zero-order valence-electron chi connectivity index (χ0n) is 23.0. The Morgan fingerprint density at radius 1 is 1.07 bits per heavy atom. The highest BCUT2D eigenvalue weighted by molar-refractivity contribution is 14.1. The summed E-state index contributed by atoms with van der Waals surface area (Å²) >= 11 is 3.63. The van der Waals surface area contributed by atoms with E-state index in [2.05, 4.69) is 27.6 Å². The molecule has 2 aromatic rings. The van der Waals surface area contributed by atoms with Gasteiger partial charge in [-0.1, -0.05) is 37.5 Å². The monoisotopic (exact) mass is 672 g/mol. The molecule has 0 radical (unpaired) electrons. The maximum atomic E-state index is 13.0. The molecule has 1 saturated carbocycles. The Bertz CT molecular complexity index is 1390. The second kappa shape index (κ2) is 12.8. The van der Waals surface area contributed by atoms with Crippen LogP contribution in [-0.4, -0.2) is 46.8 Å². The number of hydrogen-bond donors (Lipinski definition) is 1. The number of ether oxygens (including phenoxy) is 3. The van der Waals surface area contributed by atoms with Gasteiger partial charge in [-0.3, -0.25) is 10.2 Å². The third kappa shape index (κ3) is 6.22. The minimum atomic E-state index is -0.430. The predicted molar refractivity (Wildman–Crippen MR) is 169 cm³/mol. The zero-order chi connectivity index (χ0) is 28.2. The molecule has 1 amide bonds. The van der Waals surface area contributed by atoms with Gasteiger partial charge in [-0.05, 0) is 103 Å². The van der Waals surface area contributed by atoms with Crippen molar-refractivity contribution < 1.29 is 19.0 Å². The van der Waals surface area contributed by atoms with Crippen LogP contribution in [0.3, 0.4) is 0 Å². The molecule has 0 saturated heterocycles. The fourth-order valence-electron chi connectivity index (χ4n) is 5.08. The van der Waals surface area contributed by atoms with Gasteiger partial charge >= 0.3 is 0 Å². The molecule has 2 aliphatic heterocycles. The second-order valence-electron chi connectivity index (χ2n) is 9.97. The van der Waals surface area contributed by atoms with Crippen LogP contribution >= 0.6 is 34.4 Å². The smallest absolute Gasteiger partial charge is 0.283 e. The third-order valence-corrected chi connectivity index (χ3v) is 8.92. The number of thioether (sulfide) groups is 1. The summed E-state index contributed by atoms with van der Waals surface area (Å²) in [6, 6.07) is 9.81. The average molecular weight is 673 g/mol. The molecule has 8 nitrogen and oxygen atoms in total. The van der Waals surface area contributed by atoms with Gasteiger partial charge < -0.3 is 14.2 Å². The quantitative estimate of drug-likeness (QED) is 0.176. The number of amidine groups is 2. The Morgan fingerprint density at radius 2 is 1.77 bits per heavy atom. The Morgan fingerprint density at radius 3 is 2.48 bits per heavy atom. The van der Waals surface area contributed by atoms with Crippen molar-refractivity contribution in [2.75, 3.05) is 19.8 Å². The minimum absolute atomic E-state index is 0.0465. The first-order valence-corrected chi connectivity index (χ1v) is 15.5. The maximum Gasteiger partial charge on any atom is 0.283 e. The largest absolute Gasteiger partial charge is 0.490 e. The number of aliphatic imine (C=N–C) groups is 1. The molecule has 0 spiro atoms. The molecule has 2 aromatic carbocycles. The number of hydrogen-bond acceptors (Lipinski definition) is 7. The molecule has 210 valence electrons. The first kappa shape index (κ1) is 28.7. The number of nitrogens with zero attached hydrogens (tertiary/aromatic N) is 3. The van der Waals surface area contributed by atoms with Crippen LogP contribution in [0.5, 0.6) is 17.2 Å². The molecule has 1 N–H and O–H groups in total.